The highest BCUT2D eigenvalue weighted by atomic mass is 16.2. The molecule has 0 spiro atoms. The first kappa shape index (κ1) is 6.80. The molecule has 0 radical (unpaired) electrons. The first-order valence-corrected chi connectivity index (χ1v) is 2.87. The minimum Gasteiger partial charge on any atom is -0.295 e. The Balaban J connectivity index is 2.89. The molecular weight excluding hydrogens is 130 g/mol. The quantitative estimate of drug-likeness (QED) is 0.481. The predicted molar refractivity (Wildman–Crippen MR) is 38.6 cm³/mol. The van der Waals surface area contributed by atoms with E-state index in [1.165, 1.54) is 9.91 Å². The van der Waals surface area contributed by atoms with Gasteiger partial charge in [0.2, 0.25) is 0 Å². The molecule has 0 atom stereocenters. The Kier molecular flexibility index (Phi) is 1.45. The highest BCUT2D eigenvalue weighted by Crippen LogP contribution is 2.05. The van der Waals surface area contributed by atoms with Crippen molar-refractivity contribution in [1.29, 1.82) is 0 Å². The number of urea groups is 1. The Morgan fingerprint density at radius 1 is 1.60 bits per heavy atom. The van der Waals surface area contributed by atoms with Gasteiger partial charge in [0.15, 0.2) is 0 Å². The Hall–Kier alpha value is -1.32. The van der Waals surface area contributed by atoms with Crippen molar-refractivity contribution in [1.82, 2.24) is 9.91 Å². The summed E-state index contributed by atoms with van der Waals surface area (Å²) in [5.41, 5.74) is 0.614. The molecule has 1 aliphatic heterocycles. The van der Waals surface area contributed by atoms with Gasteiger partial charge in [-0.1, -0.05) is 6.58 Å². The van der Waals surface area contributed by atoms with Crippen molar-refractivity contribution in [2.75, 3.05) is 14.1 Å². The number of hydrogen-bond donors (Lipinski definition) is 0. The van der Waals surface area contributed by atoms with Gasteiger partial charge in [-0.05, 0) is 0 Å². The zero-order chi connectivity index (χ0) is 7.72. The number of allylic oxidation sites excluding steroid dienone is 1. The maximum atomic E-state index is 11.0. The Morgan fingerprint density at radius 2 is 2.20 bits per heavy atom. The number of amides is 2. The molecular formula is C6H9N3O. The van der Waals surface area contributed by atoms with Gasteiger partial charge in [-0.15, -0.1) is 0 Å². The van der Waals surface area contributed by atoms with Gasteiger partial charge in [0.1, 0.15) is 0 Å². The van der Waals surface area contributed by atoms with Crippen molar-refractivity contribution in [3.05, 3.63) is 12.3 Å². The van der Waals surface area contributed by atoms with Crippen molar-refractivity contribution in [2.24, 2.45) is 5.10 Å². The summed E-state index contributed by atoms with van der Waals surface area (Å²) in [4.78, 5) is 12.5. The SMILES string of the molecule is C=C1C=NN(C)C(=O)N1C. The molecule has 1 aliphatic rings. The van der Waals surface area contributed by atoms with Crippen molar-refractivity contribution >= 4 is 12.2 Å². The second-order valence-electron chi connectivity index (χ2n) is 2.10. The van der Waals surface area contributed by atoms with Gasteiger partial charge in [-0.3, -0.25) is 4.90 Å². The summed E-state index contributed by atoms with van der Waals surface area (Å²) >= 11 is 0. The number of carbonyl (C=O) groups excluding carboxylic acids is 1. The number of hydrogen-bond acceptors (Lipinski definition) is 2. The third-order valence-corrected chi connectivity index (χ3v) is 1.37. The lowest BCUT2D eigenvalue weighted by Crippen LogP contribution is -2.39. The highest BCUT2D eigenvalue weighted by molar-refractivity contribution is 5.90. The van der Waals surface area contributed by atoms with Crippen molar-refractivity contribution in [3.63, 3.8) is 0 Å². The van der Waals surface area contributed by atoms with Crippen LogP contribution in [-0.4, -0.2) is 36.2 Å². The summed E-state index contributed by atoms with van der Waals surface area (Å²) in [5, 5.41) is 5.02. The van der Waals surface area contributed by atoms with Crippen LogP contribution in [0.25, 0.3) is 0 Å². The molecule has 0 aromatic rings. The standard InChI is InChI=1S/C6H9N3O/c1-5-4-7-9(3)6(10)8(5)2/h4H,1H2,2-3H3. The van der Waals surface area contributed by atoms with Crippen LogP contribution in [0, 0.1) is 0 Å². The van der Waals surface area contributed by atoms with E-state index >= 15 is 0 Å². The zero-order valence-corrected chi connectivity index (χ0v) is 6.03. The van der Waals surface area contributed by atoms with Crippen LogP contribution in [0.1, 0.15) is 0 Å². The molecule has 4 heteroatoms. The summed E-state index contributed by atoms with van der Waals surface area (Å²) in [7, 11) is 3.26. The monoisotopic (exact) mass is 139 g/mol. The molecule has 0 bridgehead atoms. The number of rotatable bonds is 0. The smallest absolute Gasteiger partial charge is 0.295 e. The van der Waals surface area contributed by atoms with E-state index in [-0.39, 0.29) is 6.03 Å². The Morgan fingerprint density at radius 3 is 2.70 bits per heavy atom. The van der Waals surface area contributed by atoms with Crippen LogP contribution in [0.15, 0.2) is 17.4 Å². The molecule has 2 amide bonds. The van der Waals surface area contributed by atoms with E-state index in [9.17, 15) is 4.79 Å². The van der Waals surface area contributed by atoms with Crippen LogP contribution in [0.3, 0.4) is 0 Å². The third-order valence-electron chi connectivity index (χ3n) is 1.37. The van der Waals surface area contributed by atoms with Crippen LogP contribution in [0.5, 0.6) is 0 Å². The molecule has 0 saturated heterocycles. The predicted octanol–water partition coefficient (Wildman–Crippen LogP) is 0.483. The van der Waals surface area contributed by atoms with E-state index in [0.29, 0.717) is 5.70 Å². The lowest BCUT2D eigenvalue weighted by Gasteiger charge is -2.25. The number of carbonyl (C=O) groups is 1. The lowest BCUT2D eigenvalue weighted by atomic mass is 10.4. The van der Waals surface area contributed by atoms with E-state index in [1.807, 2.05) is 0 Å². The average Bonchev–Trinajstić information content (AvgIpc) is 1.93. The summed E-state index contributed by atoms with van der Waals surface area (Å²) in [6.45, 7) is 3.61. The van der Waals surface area contributed by atoms with Gasteiger partial charge >= 0.3 is 6.03 Å². The van der Waals surface area contributed by atoms with E-state index in [0.717, 1.165) is 0 Å². The maximum Gasteiger partial charge on any atom is 0.344 e. The van der Waals surface area contributed by atoms with Gasteiger partial charge in [-0.25, -0.2) is 9.80 Å². The van der Waals surface area contributed by atoms with E-state index < -0.39 is 0 Å². The van der Waals surface area contributed by atoms with Gasteiger partial charge in [0.05, 0.1) is 11.9 Å². The van der Waals surface area contributed by atoms with Crippen LogP contribution in [-0.2, 0) is 0 Å². The van der Waals surface area contributed by atoms with Gasteiger partial charge in [-0.2, -0.15) is 5.10 Å². The Labute approximate surface area is 59.4 Å². The molecule has 1 rings (SSSR count). The second kappa shape index (κ2) is 2.13. The molecule has 1 heterocycles. The van der Waals surface area contributed by atoms with Crippen molar-refractivity contribution in [2.45, 2.75) is 0 Å². The molecule has 0 saturated carbocycles. The zero-order valence-electron chi connectivity index (χ0n) is 6.03. The average molecular weight is 139 g/mol. The summed E-state index contributed by atoms with van der Waals surface area (Å²) in [5.74, 6) is 0. The molecule has 0 aromatic carbocycles. The first-order chi connectivity index (χ1) is 4.63. The summed E-state index contributed by atoms with van der Waals surface area (Å²) in [6.07, 6.45) is 1.54. The van der Waals surface area contributed by atoms with Gasteiger partial charge < -0.3 is 0 Å². The molecule has 10 heavy (non-hydrogen) atoms. The fourth-order valence-electron chi connectivity index (χ4n) is 0.629. The van der Waals surface area contributed by atoms with Crippen molar-refractivity contribution < 1.29 is 4.79 Å². The first-order valence-electron chi connectivity index (χ1n) is 2.87. The molecule has 0 aromatic heterocycles. The van der Waals surface area contributed by atoms with Crippen LogP contribution in [0.4, 0.5) is 4.79 Å². The normalized spacial score (nSPS) is 18.6. The fraction of sp³-hybridized carbons (Fsp3) is 0.333. The minimum atomic E-state index is -0.160. The summed E-state index contributed by atoms with van der Waals surface area (Å²) in [6, 6.07) is -0.160. The lowest BCUT2D eigenvalue weighted by molar-refractivity contribution is 0.184. The molecule has 0 N–H and O–H groups in total. The van der Waals surface area contributed by atoms with E-state index in [1.54, 1.807) is 20.3 Å². The molecule has 0 fully saturated rings. The highest BCUT2D eigenvalue weighted by Gasteiger charge is 2.18. The molecule has 4 nitrogen and oxygen atoms in total. The topological polar surface area (TPSA) is 35.9 Å². The van der Waals surface area contributed by atoms with E-state index in [2.05, 4.69) is 11.7 Å². The largest absolute Gasteiger partial charge is 0.344 e. The van der Waals surface area contributed by atoms with Gasteiger partial charge in [0.25, 0.3) is 0 Å². The molecule has 0 aliphatic carbocycles. The van der Waals surface area contributed by atoms with Crippen LogP contribution < -0.4 is 0 Å². The number of nitrogens with zero attached hydrogens (tertiary/aromatic N) is 3. The van der Waals surface area contributed by atoms with Crippen LogP contribution >= 0.6 is 0 Å². The molecule has 54 valence electrons. The molecule has 0 unspecified atom stereocenters. The number of hydrazone groups is 1. The maximum absolute atomic E-state index is 11.0. The van der Waals surface area contributed by atoms with Crippen LogP contribution in [0.2, 0.25) is 0 Å². The minimum absolute atomic E-state index is 0.160. The van der Waals surface area contributed by atoms with E-state index in [4.69, 9.17) is 0 Å². The van der Waals surface area contributed by atoms with Crippen molar-refractivity contribution in [3.8, 4) is 0 Å². The third kappa shape index (κ3) is 0.877. The van der Waals surface area contributed by atoms with Gasteiger partial charge in [0, 0.05) is 14.1 Å². The Bertz CT molecular complexity index is 209. The second-order valence-corrected chi connectivity index (χ2v) is 2.10. The fourth-order valence-corrected chi connectivity index (χ4v) is 0.629. The summed E-state index contributed by atoms with van der Waals surface area (Å²) < 4.78 is 0.